The Kier molecular flexibility index (Phi) is 9.88. The van der Waals surface area contributed by atoms with Gasteiger partial charge in [-0.15, -0.1) is 0 Å². The highest BCUT2D eigenvalue weighted by atomic mass is 16.6. The Bertz CT molecular complexity index is 1860. The lowest BCUT2D eigenvalue weighted by Gasteiger charge is -2.65. The van der Waals surface area contributed by atoms with Crippen molar-refractivity contribution < 1.29 is 60.5 Å². The minimum atomic E-state index is -1.00. The topological polar surface area (TPSA) is 167 Å². The average Bonchev–Trinajstić information content (AvgIpc) is 4.00. The Balaban J connectivity index is 1.18. The zero-order valence-electron chi connectivity index (χ0n) is 30.0. The van der Waals surface area contributed by atoms with Gasteiger partial charge in [-0.3, -0.25) is 0 Å². The van der Waals surface area contributed by atoms with Gasteiger partial charge in [0.05, 0.1) is 37.3 Å². The predicted octanol–water partition coefficient (Wildman–Crippen LogP) is 7.69. The third kappa shape index (κ3) is 6.71. The summed E-state index contributed by atoms with van der Waals surface area (Å²) in [6.07, 6.45) is 9.04. The molecular formula is C40H44O13. The molecule has 2 saturated carbocycles. The second-order valence-corrected chi connectivity index (χ2v) is 15.0. The zero-order chi connectivity index (χ0) is 37.3. The summed E-state index contributed by atoms with van der Waals surface area (Å²) in [5, 5.41) is 0. The fraction of sp³-hybridized carbons (Fsp3) is 0.500. The van der Waals surface area contributed by atoms with Gasteiger partial charge >= 0.3 is 23.9 Å². The highest BCUT2D eigenvalue weighted by Crippen LogP contribution is 2.68. The number of furan rings is 4. The van der Waals surface area contributed by atoms with Crippen LogP contribution in [0.25, 0.3) is 0 Å². The molecule has 2 aliphatic carbocycles. The van der Waals surface area contributed by atoms with Crippen molar-refractivity contribution >= 4 is 23.9 Å². The van der Waals surface area contributed by atoms with E-state index in [2.05, 4.69) is 13.8 Å². The van der Waals surface area contributed by atoms with E-state index in [9.17, 15) is 19.2 Å². The first kappa shape index (κ1) is 36.3. The first-order valence-electron chi connectivity index (χ1n) is 18.1. The molecule has 7 atom stereocenters. The van der Waals surface area contributed by atoms with E-state index in [-0.39, 0.29) is 61.1 Å². The second-order valence-electron chi connectivity index (χ2n) is 15.0. The smallest absolute Gasteiger partial charge is 0.374 e. The van der Waals surface area contributed by atoms with Crippen molar-refractivity contribution in [1.29, 1.82) is 0 Å². The zero-order valence-corrected chi connectivity index (χ0v) is 30.0. The van der Waals surface area contributed by atoms with Gasteiger partial charge in [-0.1, -0.05) is 20.8 Å². The molecule has 282 valence electrons. The van der Waals surface area contributed by atoms with E-state index in [0.29, 0.717) is 25.7 Å². The van der Waals surface area contributed by atoms with Crippen molar-refractivity contribution in [1.82, 2.24) is 0 Å². The molecule has 0 aromatic carbocycles. The van der Waals surface area contributed by atoms with E-state index in [4.69, 9.17) is 41.4 Å². The van der Waals surface area contributed by atoms with Gasteiger partial charge in [0.2, 0.25) is 23.0 Å². The van der Waals surface area contributed by atoms with Gasteiger partial charge < -0.3 is 41.4 Å². The van der Waals surface area contributed by atoms with E-state index in [1.807, 2.05) is 6.92 Å². The Morgan fingerprint density at radius 2 is 1.19 bits per heavy atom. The lowest BCUT2D eigenvalue weighted by atomic mass is 9.43. The van der Waals surface area contributed by atoms with Crippen LogP contribution in [-0.2, 0) is 23.7 Å². The number of rotatable bonds is 12. The quantitative estimate of drug-likeness (QED) is 0.103. The number of esters is 4. The third-order valence-electron chi connectivity index (χ3n) is 12.1. The Morgan fingerprint density at radius 3 is 1.74 bits per heavy atom. The van der Waals surface area contributed by atoms with E-state index < -0.39 is 52.0 Å². The SMILES string of the molecule is C[C@@H]1CC[C@@H]2[C@](C)(COC(=O)c3ccco3)[C@@H](OC(=O)c3ccco3)CC[C@]2(C)[C@]12CC[C@](CCOC(=O)c1ccco1)(COC(=O)c1ccco1)O2. The number of ether oxygens (including phenoxy) is 5. The molecule has 3 fully saturated rings. The largest absolute Gasteiger partial charge is 0.460 e. The lowest BCUT2D eigenvalue weighted by Crippen LogP contribution is -2.67. The van der Waals surface area contributed by atoms with Crippen LogP contribution in [0.15, 0.2) is 91.3 Å². The number of hydrogen-bond donors (Lipinski definition) is 0. The molecule has 1 saturated heterocycles. The normalized spacial score (nSPS) is 30.7. The molecule has 1 aliphatic heterocycles. The molecule has 3 aliphatic rings. The Labute approximate surface area is 306 Å². The molecule has 0 unspecified atom stereocenters. The minimum Gasteiger partial charge on any atom is -0.460 e. The summed E-state index contributed by atoms with van der Waals surface area (Å²) < 4.78 is 52.1. The van der Waals surface area contributed by atoms with Gasteiger partial charge in [-0.2, -0.15) is 0 Å². The molecule has 0 bridgehead atoms. The van der Waals surface area contributed by atoms with Crippen molar-refractivity contribution in [2.24, 2.45) is 22.7 Å². The third-order valence-corrected chi connectivity index (χ3v) is 12.1. The fourth-order valence-electron chi connectivity index (χ4n) is 9.37. The van der Waals surface area contributed by atoms with Crippen molar-refractivity contribution in [3.63, 3.8) is 0 Å². The van der Waals surface area contributed by atoms with Crippen LogP contribution in [0.1, 0.15) is 108 Å². The molecule has 4 aromatic heterocycles. The highest BCUT2D eigenvalue weighted by Gasteiger charge is 2.70. The maximum atomic E-state index is 13.3. The van der Waals surface area contributed by atoms with E-state index in [1.54, 1.807) is 30.3 Å². The van der Waals surface area contributed by atoms with Gasteiger partial charge in [0.1, 0.15) is 24.9 Å². The van der Waals surface area contributed by atoms with Gasteiger partial charge in [0, 0.05) is 17.3 Å². The molecule has 7 rings (SSSR count). The number of fused-ring (bicyclic) bond motifs is 2. The molecule has 4 aromatic rings. The maximum absolute atomic E-state index is 13.3. The summed E-state index contributed by atoms with van der Waals surface area (Å²) in [6.45, 7) is 6.26. The molecule has 0 amide bonds. The maximum Gasteiger partial charge on any atom is 0.374 e. The van der Waals surface area contributed by atoms with Crippen LogP contribution in [0.2, 0.25) is 0 Å². The molecule has 13 nitrogen and oxygen atoms in total. The van der Waals surface area contributed by atoms with Gasteiger partial charge in [-0.25, -0.2) is 19.2 Å². The van der Waals surface area contributed by atoms with Crippen LogP contribution in [0.5, 0.6) is 0 Å². The van der Waals surface area contributed by atoms with Gasteiger partial charge in [0.25, 0.3) is 0 Å². The molecule has 13 heteroatoms. The number of carbonyl (C=O) groups excluding carboxylic acids is 4. The molecule has 53 heavy (non-hydrogen) atoms. The molecule has 0 N–H and O–H groups in total. The Hall–Kier alpha value is -5.04. The summed E-state index contributed by atoms with van der Waals surface area (Å²) in [6, 6.07) is 12.6. The van der Waals surface area contributed by atoms with Crippen molar-refractivity contribution in [2.75, 3.05) is 19.8 Å². The van der Waals surface area contributed by atoms with Crippen LogP contribution in [0.4, 0.5) is 0 Å². The molecule has 1 spiro atoms. The summed E-state index contributed by atoms with van der Waals surface area (Å²) in [5.41, 5.74) is -3.08. The second kappa shape index (κ2) is 14.4. The predicted molar refractivity (Wildman–Crippen MR) is 183 cm³/mol. The first-order chi connectivity index (χ1) is 25.5. The van der Waals surface area contributed by atoms with Crippen LogP contribution in [-0.4, -0.2) is 61.0 Å². The van der Waals surface area contributed by atoms with Gasteiger partial charge in [0.15, 0.2) is 0 Å². The summed E-state index contributed by atoms with van der Waals surface area (Å²) >= 11 is 0. The lowest BCUT2D eigenvalue weighted by molar-refractivity contribution is -0.271. The van der Waals surface area contributed by atoms with Crippen LogP contribution >= 0.6 is 0 Å². The summed E-state index contributed by atoms with van der Waals surface area (Å²) in [5.74, 6) is -2.19. The van der Waals surface area contributed by atoms with E-state index in [1.165, 1.54) is 43.3 Å². The fourth-order valence-corrected chi connectivity index (χ4v) is 9.37. The van der Waals surface area contributed by atoms with E-state index >= 15 is 0 Å². The van der Waals surface area contributed by atoms with Crippen molar-refractivity contribution in [3.8, 4) is 0 Å². The monoisotopic (exact) mass is 732 g/mol. The van der Waals surface area contributed by atoms with Crippen LogP contribution < -0.4 is 0 Å². The first-order valence-corrected chi connectivity index (χ1v) is 18.1. The van der Waals surface area contributed by atoms with Gasteiger partial charge in [-0.05, 0) is 98.9 Å². The molecular weight excluding hydrogens is 688 g/mol. The van der Waals surface area contributed by atoms with Crippen LogP contribution in [0.3, 0.4) is 0 Å². The highest BCUT2D eigenvalue weighted by molar-refractivity contribution is 5.87. The van der Waals surface area contributed by atoms with E-state index in [0.717, 1.165) is 12.8 Å². The number of hydrogen-bond acceptors (Lipinski definition) is 13. The standard InChI is InChI=1S/C40H44O13/c1-26-12-13-31-37(2,24-50-34(42)28-9-5-20-46-28)32(52-36(44)30-11-7-22-48-30)14-15-38(31,3)40(26)17-16-39(53-40,25-51-35(43)29-10-6-21-47-29)18-23-49-33(41)27-8-4-19-45-27/h4-11,19-22,26,31-32H,12-18,23-25H2,1-3H3/t26-,31-,32+,37+,38+,39+,40+/m1/s1. The average molecular weight is 733 g/mol. The molecule has 5 heterocycles. The molecule has 0 radical (unpaired) electrons. The summed E-state index contributed by atoms with van der Waals surface area (Å²) in [7, 11) is 0. The van der Waals surface area contributed by atoms with Crippen LogP contribution in [0, 0.1) is 22.7 Å². The summed E-state index contributed by atoms with van der Waals surface area (Å²) in [4.78, 5) is 52.1. The van der Waals surface area contributed by atoms with Crippen molar-refractivity contribution in [2.45, 2.75) is 83.0 Å². The van der Waals surface area contributed by atoms with Crippen molar-refractivity contribution in [3.05, 3.63) is 96.6 Å². The minimum absolute atomic E-state index is 0.00626. The Morgan fingerprint density at radius 1 is 0.660 bits per heavy atom. The number of carbonyl (C=O) groups is 4.